The van der Waals surface area contributed by atoms with Crippen LogP contribution >= 0.6 is 0 Å². The molecular weight excluding hydrogens is 424 g/mol. The Morgan fingerprint density at radius 1 is 1.30 bits per heavy atom. The molecule has 1 aromatic carbocycles. The molecule has 3 fully saturated rings. The Hall–Kier alpha value is -2.42. The van der Waals surface area contributed by atoms with Crippen molar-refractivity contribution in [1.29, 1.82) is 0 Å². The van der Waals surface area contributed by atoms with Gasteiger partial charge in [-0.25, -0.2) is 4.79 Å². The molecule has 1 aromatic rings. The van der Waals surface area contributed by atoms with E-state index in [-0.39, 0.29) is 17.6 Å². The number of methoxy groups -OCH3 is 1. The number of carbonyl (C=O) groups excluding carboxylic acids is 2. The van der Waals surface area contributed by atoms with Gasteiger partial charge in [-0.2, -0.15) is 0 Å². The van der Waals surface area contributed by atoms with Crippen molar-refractivity contribution in [2.45, 2.75) is 75.6 Å². The van der Waals surface area contributed by atoms with Gasteiger partial charge >= 0.3 is 6.09 Å². The lowest BCUT2D eigenvalue weighted by atomic mass is 9.68. The molecule has 0 unspecified atom stereocenters. The van der Waals surface area contributed by atoms with Crippen LogP contribution in [0.4, 0.5) is 4.79 Å². The minimum atomic E-state index is -0.977. The second-order valence-electron chi connectivity index (χ2n) is 9.71. The van der Waals surface area contributed by atoms with E-state index in [2.05, 4.69) is 32.2 Å². The van der Waals surface area contributed by atoms with Gasteiger partial charge in [0.15, 0.2) is 0 Å². The maximum atomic E-state index is 12.8. The topological polar surface area (TPSA) is 116 Å². The monoisotopic (exact) mass is 458 g/mol. The summed E-state index contributed by atoms with van der Waals surface area (Å²) in [5, 5.41) is 2.61. The standard InChI is InChI=1S/C25H34N2O6/c1-15(2)10-11-18-24(3,33-18)21-20(30-4)17(12-13-25(21)14-31-25)32-23(29)27-19(22(26)28)16-8-6-5-7-9-16/h5-10,17-21H,11-14H2,1-4H3,(H2,26,28)(H,27,29)/t17-,18-,19-,20-,21-,24+,25+/m1/s1. The molecule has 2 saturated heterocycles. The third-order valence-corrected chi connectivity index (χ3v) is 7.18. The molecular formula is C25H34N2O6. The molecule has 8 nitrogen and oxygen atoms in total. The quantitative estimate of drug-likeness (QED) is 0.457. The van der Waals surface area contributed by atoms with E-state index in [0.717, 1.165) is 12.8 Å². The lowest BCUT2D eigenvalue weighted by molar-refractivity contribution is -0.122. The number of ether oxygens (including phenoxy) is 4. The van der Waals surface area contributed by atoms with E-state index in [4.69, 9.17) is 24.7 Å². The van der Waals surface area contributed by atoms with E-state index in [9.17, 15) is 9.59 Å². The molecule has 3 N–H and O–H groups in total. The lowest BCUT2D eigenvalue weighted by Crippen LogP contribution is -2.56. The van der Waals surface area contributed by atoms with Crippen molar-refractivity contribution in [2.24, 2.45) is 11.7 Å². The number of rotatable bonds is 8. The van der Waals surface area contributed by atoms with Crippen LogP contribution in [0.1, 0.15) is 51.6 Å². The molecule has 0 bridgehead atoms. The molecule has 2 heterocycles. The average molecular weight is 459 g/mol. The predicted molar refractivity (Wildman–Crippen MR) is 121 cm³/mol. The molecule has 2 amide bonds. The van der Waals surface area contributed by atoms with Crippen molar-refractivity contribution in [3.63, 3.8) is 0 Å². The zero-order valence-corrected chi connectivity index (χ0v) is 19.7. The highest BCUT2D eigenvalue weighted by Crippen LogP contribution is 2.59. The maximum absolute atomic E-state index is 12.8. The third-order valence-electron chi connectivity index (χ3n) is 7.18. The molecule has 8 heteroatoms. The second kappa shape index (κ2) is 9.08. The summed E-state index contributed by atoms with van der Waals surface area (Å²) in [6, 6.07) is 7.87. The molecule has 2 aliphatic heterocycles. The minimum absolute atomic E-state index is 0.0704. The first kappa shape index (κ1) is 23.7. The van der Waals surface area contributed by atoms with Crippen molar-refractivity contribution in [2.75, 3.05) is 13.7 Å². The van der Waals surface area contributed by atoms with Crippen LogP contribution in [0.3, 0.4) is 0 Å². The highest BCUT2D eigenvalue weighted by atomic mass is 16.6. The minimum Gasteiger partial charge on any atom is -0.443 e. The fourth-order valence-electron chi connectivity index (χ4n) is 5.32. The number of alkyl carbamates (subject to hydrolysis) is 1. The smallest absolute Gasteiger partial charge is 0.408 e. The lowest BCUT2D eigenvalue weighted by Gasteiger charge is -2.42. The number of allylic oxidation sites excluding steroid dienone is 1. The molecule has 0 radical (unpaired) electrons. The van der Waals surface area contributed by atoms with Crippen molar-refractivity contribution in [3.8, 4) is 0 Å². The van der Waals surface area contributed by atoms with E-state index in [0.29, 0.717) is 18.6 Å². The van der Waals surface area contributed by atoms with Gasteiger partial charge in [0.05, 0.1) is 18.6 Å². The van der Waals surface area contributed by atoms with E-state index in [1.54, 1.807) is 31.4 Å². The summed E-state index contributed by atoms with van der Waals surface area (Å²) in [6.45, 7) is 6.89. The van der Waals surface area contributed by atoms with E-state index < -0.39 is 35.9 Å². The Labute approximate surface area is 194 Å². The molecule has 33 heavy (non-hydrogen) atoms. The zero-order chi connectivity index (χ0) is 23.8. The van der Waals surface area contributed by atoms with Gasteiger partial charge in [0.25, 0.3) is 0 Å². The van der Waals surface area contributed by atoms with Crippen LogP contribution in [0.5, 0.6) is 0 Å². The van der Waals surface area contributed by atoms with Crippen LogP contribution in [0, 0.1) is 5.92 Å². The first-order valence-electron chi connectivity index (χ1n) is 11.5. The summed E-state index contributed by atoms with van der Waals surface area (Å²) in [4.78, 5) is 24.8. The number of amides is 2. The van der Waals surface area contributed by atoms with Gasteiger partial charge in [-0.1, -0.05) is 42.0 Å². The van der Waals surface area contributed by atoms with Crippen LogP contribution < -0.4 is 11.1 Å². The largest absolute Gasteiger partial charge is 0.443 e. The Morgan fingerprint density at radius 2 is 2.00 bits per heavy atom. The van der Waals surface area contributed by atoms with Crippen LogP contribution in [0.25, 0.3) is 0 Å². The first-order valence-corrected chi connectivity index (χ1v) is 11.5. The second-order valence-corrected chi connectivity index (χ2v) is 9.71. The summed E-state index contributed by atoms with van der Waals surface area (Å²) >= 11 is 0. The summed E-state index contributed by atoms with van der Waals surface area (Å²) < 4.78 is 23.8. The third kappa shape index (κ3) is 4.78. The number of hydrogen-bond acceptors (Lipinski definition) is 6. The van der Waals surface area contributed by atoms with Gasteiger partial charge in [-0.05, 0) is 45.6 Å². The number of carbonyl (C=O) groups is 2. The van der Waals surface area contributed by atoms with Crippen molar-refractivity contribution in [1.82, 2.24) is 5.32 Å². The SMILES string of the molecule is CO[C@@H]1[C@H](OC(=O)N[C@@H](C(N)=O)c2ccccc2)CC[C@]2(CO2)[C@H]1[C@@]1(C)O[C@@H]1CC=C(C)C. The zero-order valence-electron chi connectivity index (χ0n) is 19.7. The molecule has 1 saturated carbocycles. The highest BCUT2D eigenvalue weighted by molar-refractivity contribution is 5.85. The van der Waals surface area contributed by atoms with Crippen molar-refractivity contribution in [3.05, 3.63) is 47.5 Å². The Morgan fingerprint density at radius 3 is 2.58 bits per heavy atom. The van der Waals surface area contributed by atoms with Crippen molar-refractivity contribution >= 4 is 12.0 Å². The van der Waals surface area contributed by atoms with E-state index >= 15 is 0 Å². The number of nitrogens with two attached hydrogens (primary N) is 1. The van der Waals surface area contributed by atoms with Crippen LogP contribution in [-0.2, 0) is 23.7 Å². The van der Waals surface area contributed by atoms with Gasteiger partial charge < -0.3 is 30.0 Å². The van der Waals surface area contributed by atoms with E-state index in [1.807, 2.05) is 6.07 Å². The summed E-state index contributed by atoms with van der Waals surface area (Å²) in [5.41, 5.74) is 6.66. The van der Waals surface area contributed by atoms with E-state index in [1.165, 1.54) is 5.57 Å². The molecule has 3 aliphatic rings. The predicted octanol–water partition coefficient (Wildman–Crippen LogP) is 3.02. The number of nitrogens with one attached hydrogen (secondary N) is 1. The first-order chi connectivity index (χ1) is 15.7. The Balaban J connectivity index is 1.47. The van der Waals surface area contributed by atoms with Crippen LogP contribution in [-0.4, -0.2) is 55.2 Å². The number of benzene rings is 1. The summed E-state index contributed by atoms with van der Waals surface area (Å²) in [6.07, 6.45) is 2.83. The van der Waals surface area contributed by atoms with Crippen LogP contribution in [0.15, 0.2) is 42.0 Å². The van der Waals surface area contributed by atoms with Gasteiger partial charge in [0, 0.05) is 7.11 Å². The Bertz CT molecular complexity index is 911. The van der Waals surface area contributed by atoms with Gasteiger partial charge in [-0.15, -0.1) is 0 Å². The van der Waals surface area contributed by atoms with Gasteiger partial charge in [0.1, 0.15) is 29.5 Å². The number of epoxide rings is 2. The summed E-state index contributed by atoms with van der Waals surface area (Å²) in [5.74, 6) is -0.729. The molecule has 0 aromatic heterocycles. The highest BCUT2D eigenvalue weighted by Gasteiger charge is 2.72. The fraction of sp³-hybridized carbons (Fsp3) is 0.600. The molecule has 7 atom stereocenters. The molecule has 1 spiro atoms. The van der Waals surface area contributed by atoms with Crippen LogP contribution in [0.2, 0.25) is 0 Å². The van der Waals surface area contributed by atoms with Crippen molar-refractivity contribution < 1.29 is 28.5 Å². The normalized spacial score (nSPS) is 35.4. The summed E-state index contributed by atoms with van der Waals surface area (Å²) in [7, 11) is 1.63. The number of hydrogen-bond donors (Lipinski definition) is 2. The fourth-order valence-corrected chi connectivity index (χ4v) is 5.32. The number of primary amides is 1. The molecule has 4 rings (SSSR count). The average Bonchev–Trinajstić information content (AvgIpc) is 3.69. The molecule has 1 aliphatic carbocycles. The van der Waals surface area contributed by atoms with Gasteiger partial charge in [0.2, 0.25) is 5.91 Å². The Kier molecular flexibility index (Phi) is 6.53. The molecule has 180 valence electrons. The van der Waals surface area contributed by atoms with Gasteiger partial charge in [-0.3, -0.25) is 4.79 Å². The maximum Gasteiger partial charge on any atom is 0.408 e.